The third kappa shape index (κ3) is 6.86. The number of aromatic hydroxyl groups is 1. The Hall–Kier alpha value is -4.87. The molecule has 3 aromatic heterocycles. The first kappa shape index (κ1) is 40.9. The monoisotopic (exact) mass is 890 g/mol. The van der Waals surface area contributed by atoms with Crippen LogP contribution in [0.4, 0.5) is 11.6 Å². The lowest BCUT2D eigenvalue weighted by Gasteiger charge is -2.50. The van der Waals surface area contributed by atoms with Crippen molar-refractivity contribution in [2.24, 2.45) is 22.7 Å². The van der Waals surface area contributed by atoms with E-state index in [2.05, 4.69) is 34.7 Å². The Balaban J connectivity index is 1.00. The average Bonchev–Trinajstić information content (AvgIpc) is 3.58. The number of carbonyl (C=O) groups excluding carboxylic acids is 1. The molecule has 1 saturated carbocycles. The zero-order valence-electron chi connectivity index (χ0n) is 35.6. The molecule has 4 aromatic rings. The van der Waals surface area contributed by atoms with Crippen molar-refractivity contribution in [2.45, 2.75) is 94.0 Å². The van der Waals surface area contributed by atoms with Gasteiger partial charge in [0.25, 0.3) is 0 Å². The van der Waals surface area contributed by atoms with E-state index in [1.807, 2.05) is 26.3 Å². The van der Waals surface area contributed by atoms with Crippen molar-refractivity contribution < 1.29 is 33.4 Å². The first-order valence-corrected chi connectivity index (χ1v) is 24.5. The number of aryl methyl sites for hydroxylation is 2. The predicted octanol–water partition coefficient (Wildman–Crippen LogP) is 5.15. The number of aromatic nitrogens is 2. The average molecular weight is 891 g/mol. The van der Waals surface area contributed by atoms with Crippen molar-refractivity contribution in [3.05, 3.63) is 92.2 Å². The molecular weight excluding hydrogens is 839 g/mol. The van der Waals surface area contributed by atoms with Gasteiger partial charge < -0.3 is 40.5 Å². The summed E-state index contributed by atoms with van der Waals surface area (Å²) in [4.78, 5) is 44.1. The second-order valence-corrected chi connectivity index (χ2v) is 21.2. The number of hydrogen-bond donors (Lipinski definition) is 5. The van der Waals surface area contributed by atoms with Gasteiger partial charge in [0.05, 0.1) is 17.5 Å². The highest BCUT2D eigenvalue weighted by molar-refractivity contribution is 8.76. The fourth-order valence-corrected chi connectivity index (χ4v) is 14.0. The number of carbonyl (C=O) groups is 1. The lowest BCUT2D eigenvalue weighted by atomic mass is 9.61. The molecule has 6 bridgehead atoms. The van der Waals surface area contributed by atoms with Gasteiger partial charge in [0.15, 0.2) is 11.0 Å². The normalized spacial score (nSPS) is 31.8. The van der Waals surface area contributed by atoms with Gasteiger partial charge in [0.2, 0.25) is 0 Å². The first-order valence-electron chi connectivity index (χ1n) is 22.0. The Bertz CT molecular complexity index is 2740. The number of phenolic OH excluding ortho intramolecular Hbond substituents is 1. The molecule has 1 unspecified atom stereocenters. The van der Waals surface area contributed by atoms with Crippen LogP contribution in [-0.4, -0.2) is 76.6 Å². The minimum atomic E-state index is -1.12. The third-order valence-corrected chi connectivity index (χ3v) is 16.9. The van der Waals surface area contributed by atoms with Crippen molar-refractivity contribution in [3.8, 4) is 22.8 Å². The number of phenols is 1. The van der Waals surface area contributed by atoms with Gasteiger partial charge >= 0.3 is 5.97 Å². The number of hydrogen-bond acceptors (Lipinski definition) is 15. The van der Waals surface area contributed by atoms with Gasteiger partial charge in [-0.05, 0) is 101 Å². The minimum absolute atomic E-state index is 0.00169. The Morgan fingerprint density at radius 3 is 2.79 bits per heavy atom. The number of benzene rings is 1. The summed E-state index contributed by atoms with van der Waals surface area (Å²) in [7, 11) is 5.31. The van der Waals surface area contributed by atoms with Crippen LogP contribution in [-0.2, 0) is 33.0 Å². The highest BCUT2D eigenvalue weighted by atomic mass is 33.1. The summed E-state index contributed by atoms with van der Waals surface area (Å²) in [6.45, 7) is 5.91. The van der Waals surface area contributed by atoms with Crippen molar-refractivity contribution >= 4 is 56.4 Å². The van der Waals surface area contributed by atoms with Gasteiger partial charge in [0.1, 0.15) is 76.6 Å². The van der Waals surface area contributed by atoms with Crippen molar-refractivity contribution in [1.82, 2.24) is 15.3 Å². The molecule has 1 aromatic carbocycles. The molecular formula is C47H52N7O7S2+. The smallest absolute Gasteiger partial charge is 0.341 e. The molecule has 1 aliphatic carbocycles. The summed E-state index contributed by atoms with van der Waals surface area (Å²) >= 11 is 0. The number of pyridine rings is 2. The van der Waals surface area contributed by atoms with Gasteiger partial charge in [-0.2, -0.15) is 0 Å². The molecule has 14 nitrogen and oxygen atoms in total. The lowest BCUT2D eigenvalue weighted by molar-refractivity contribution is -0.852. The zero-order valence-corrected chi connectivity index (χ0v) is 37.2. The molecule has 0 radical (unpaired) electrons. The molecule has 1 spiro atoms. The second-order valence-electron chi connectivity index (χ2n) is 18.6. The molecule has 3 saturated heterocycles. The summed E-state index contributed by atoms with van der Waals surface area (Å²) in [5.41, 5.74) is 18.3. The van der Waals surface area contributed by atoms with E-state index in [1.165, 1.54) is 16.5 Å². The van der Waals surface area contributed by atoms with Crippen LogP contribution >= 0.6 is 21.6 Å². The zero-order chi connectivity index (χ0) is 43.4. The maximum absolute atomic E-state index is 15.1. The third-order valence-electron chi connectivity index (χ3n) is 14.6. The Morgan fingerprint density at radius 1 is 1.08 bits per heavy atom. The number of rotatable bonds is 4. The topological polar surface area (TPSA) is 205 Å². The molecule has 8 aliphatic rings. The summed E-state index contributed by atoms with van der Waals surface area (Å²) < 4.78 is 26.6. The lowest BCUT2D eigenvalue weighted by Crippen LogP contribution is -3.04. The molecule has 328 valence electrons. The number of nitrogens with zero attached hydrogens (tertiary/aromatic N) is 3. The van der Waals surface area contributed by atoms with Gasteiger partial charge in [0, 0.05) is 70.4 Å². The Morgan fingerprint density at radius 2 is 1.95 bits per heavy atom. The van der Waals surface area contributed by atoms with Crippen LogP contribution in [0, 0.1) is 24.7 Å². The number of nitrogens with two attached hydrogens (primary N) is 2. The fourth-order valence-electron chi connectivity index (χ4n) is 11.7. The number of allylic oxidation sites excluding steroid dienone is 1. The van der Waals surface area contributed by atoms with Crippen molar-refractivity contribution in [3.63, 3.8) is 0 Å². The number of nitrogens with one attached hydrogen (secondary N) is 2. The van der Waals surface area contributed by atoms with Crippen LogP contribution in [0.25, 0.3) is 22.2 Å². The maximum Gasteiger partial charge on any atom is 0.341 e. The van der Waals surface area contributed by atoms with Crippen LogP contribution in [0.15, 0.2) is 68.1 Å². The van der Waals surface area contributed by atoms with Gasteiger partial charge in [-0.25, -0.2) is 14.8 Å². The number of esters is 1. The molecule has 7 N–H and O–H groups in total. The highest BCUT2D eigenvalue weighted by Gasteiger charge is 2.71. The standard InChI is InChI=1S/C47H51N7O7S2/c1-23-12-34(55)40-35(58-23)17-36-41(42(40)56)39-29-6-5-27(15-26(29)18-50-3)47-37(61-47)7-4-24-13-32(53-38(48)14-24)30-16-28(20-54-19-25-8-10-51-33(25)21-54)52-44(49)31(30)22-63-62-11-9-46(2,60-36)43(39)59-45(47)57/h8,10,12-14,16-17,21,26-27,29,37,39,43,50,56H,4-7,9,11,15,18-20,22H2,1-3H3,(H2,48,53)(H2,49,52)/p+1/t26-,27-,29+,37-,39+,43-,46+,47+/m1/s1. The largest absolute Gasteiger partial charge is 0.507 e. The fraction of sp³-hybridized carbons (Fsp3) is 0.468. The van der Waals surface area contributed by atoms with Crippen LogP contribution in [0.3, 0.4) is 0 Å². The molecule has 0 amide bonds. The number of anilines is 2. The Labute approximate surface area is 372 Å². The number of ether oxygens (including phenoxy) is 3. The highest BCUT2D eigenvalue weighted by Crippen LogP contribution is 2.62. The van der Waals surface area contributed by atoms with Crippen molar-refractivity contribution in [2.75, 3.05) is 37.4 Å². The van der Waals surface area contributed by atoms with Gasteiger partial charge in [-0.15, -0.1) is 0 Å². The molecule has 9 atom stereocenters. The van der Waals surface area contributed by atoms with E-state index in [0.717, 1.165) is 59.6 Å². The van der Waals surface area contributed by atoms with E-state index >= 15 is 4.79 Å². The van der Waals surface area contributed by atoms with E-state index in [-0.39, 0.29) is 52.0 Å². The van der Waals surface area contributed by atoms with Crippen molar-refractivity contribution in [1.29, 1.82) is 0 Å². The van der Waals surface area contributed by atoms with Crippen LogP contribution in [0.5, 0.6) is 11.5 Å². The van der Waals surface area contributed by atoms with Gasteiger partial charge in [-0.1, -0.05) is 21.6 Å². The van der Waals surface area contributed by atoms with E-state index in [1.54, 1.807) is 34.6 Å². The van der Waals surface area contributed by atoms with Gasteiger partial charge in [-0.3, -0.25) is 14.7 Å². The van der Waals surface area contributed by atoms with E-state index in [9.17, 15) is 9.90 Å². The number of epoxide rings is 1. The first-order chi connectivity index (χ1) is 30.4. The summed E-state index contributed by atoms with van der Waals surface area (Å²) in [5.74, 6) is 1.99. The van der Waals surface area contributed by atoms with Crippen LogP contribution in [0.2, 0.25) is 0 Å². The second kappa shape index (κ2) is 15.4. The number of quaternary nitrogens is 1. The minimum Gasteiger partial charge on any atom is -0.507 e. The molecule has 12 rings (SSSR count). The van der Waals surface area contributed by atoms with Crippen LogP contribution < -0.4 is 31.8 Å². The maximum atomic E-state index is 15.1. The summed E-state index contributed by atoms with van der Waals surface area (Å²) in [5, 5.41) is 15.8. The molecule has 7 aliphatic heterocycles. The van der Waals surface area contributed by atoms with E-state index in [0.29, 0.717) is 72.6 Å². The number of fused-ring (bicyclic) bond motifs is 9. The Kier molecular flexibility index (Phi) is 9.99. The van der Waals surface area contributed by atoms with E-state index < -0.39 is 23.2 Å². The number of aliphatic imine (C=N–C) groups is 1. The van der Waals surface area contributed by atoms with Crippen LogP contribution in [0.1, 0.15) is 73.1 Å². The number of nitrogen functional groups attached to an aromatic ring is 2. The molecule has 4 fully saturated rings. The SMILES string of the molecule is CNC[C@H]1C[C@H]2CC[C@@H]1[C@H]1c3c(cc4oc(C)cc(=O)c4c3O)O[C@@]3(C)CCSSCc4c(cc(C[NH+]5C=C6N=CC=C6C5)nc4N)-c4cc(cc(N)n4)CC[C@H]4O[C@@]24C(=O)O[C@H]13. The summed E-state index contributed by atoms with van der Waals surface area (Å²) in [6, 6.07) is 9.24. The molecule has 63 heavy (non-hydrogen) atoms. The molecule has 10 heterocycles. The molecule has 16 heteroatoms. The summed E-state index contributed by atoms with van der Waals surface area (Å²) in [6.07, 6.45) is 8.89. The quantitative estimate of drug-likeness (QED) is 0.102. The predicted molar refractivity (Wildman–Crippen MR) is 244 cm³/mol. The van der Waals surface area contributed by atoms with E-state index in [4.69, 9.17) is 40.1 Å².